The van der Waals surface area contributed by atoms with Gasteiger partial charge < -0.3 is 5.32 Å². The Labute approximate surface area is 104 Å². The summed E-state index contributed by atoms with van der Waals surface area (Å²) in [5.41, 5.74) is 1.14. The first-order chi connectivity index (χ1) is 7.99. The van der Waals surface area contributed by atoms with Crippen molar-refractivity contribution in [3.63, 3.8) is 0 Å². The van der Waals surface area contributed by atoms with Gasteiger partial charge in [-0.2, -0.15) is 0 Å². The number of rotatable bonds is 6. The Morgan fingerprint density at radius 3 is 2.18 bits per heavy atom. The van der Waals surface area contributed by atoms with Crippen molar-refractivity contribution in [2.75, 3.05) is 6.54 Å². The first-order valence-electron chi connectivity index (χ1n) is 6.48. The Morgan fingerprint density at radius 2 is 1.65 bits per heavy atom. The van der Waals surface area contributed by atoms with E-state index in [-0.39, 0.29) is 11.9 Å². The highest BCUT2D eigenvalue weighted by molar-refractivity contribution is 5.19. The Kier molecular flexibility index (Phi) is 5.63. The van der Waals surface area contributed by atoms with Crippen LogP contribution in [0.4, 0.5) is 4.39 Å². The van der Waals surface area contributed by atoms with Crippen LogP contribution in [-0.4, -0.2) is 6.54 Å². The van der Waals surface area contributed by atoms with Gasteiger partial charge in [0.05, 0.1) is 0 Å². The molecule has 2 atom stereocenters. The lowest BCUT2D eigenvalue weighted by molar-refractivity contribution is 0.396. The second-order valence-electron chi connectivity index (χ2n) is 5.42. The lowest BCUT2D eigenvalue weighted by atomic mass is 9.98. The molecular weight excluding hydrogens is 213 g/mol. The van der Waals surface area contributed by atoms with Gasteiger partial charge in [-0.1, -0.05) is 32.9 Å². The minimum Gasteiger partial charge on any atom is -0.310 e. The predicted molar refractivity (Wildman–Crippen MR) is 71.4 cm³/mol. The van der Waals surface area contributed by atoms with Crippen LogP contribution in [0.15, 0.2) is 24.3 Å². The average Bonchev–Trinajstić information content (AvgIpc) is 2.26. The van der Waals surface area contributed by atoms with Gasteiger partial charge in [0.25, 0.3) is 0 Å². The fourth-order valence-corrected chi connectivity index (χ4v) is 2.14. The van der Waals surface area contributed by atoms with Crippen molar-refractivity contribution in [2.45, 2.75) is 40.2 Å². The standard InChI is InChI=1S/C15H24FN/c1-11(2)9-12(3)10-17-13(4)14-5-7-15(16)8-6-14/h5-8,11-13,17H,9-10H2,1-4H3/t12?,13-/m0/s1. The summed E-state index contributed by atoms with van der Waals surface area (Å²) in [4.78, 5) is 0. The number of nitrogens with one attached hydrogen (secondary N) is 1. The fourth-order valence-electron chi connectivity index (χ4n) is 2.14. The van der Waals surface area contributed by atoms with Crippen molar-refractivity contribution in [1.29, 1.82) is 0 Å². The first-order valence-corrected chi connectivity index (χ1v) is 6.48. The Balaban J connectivity index is 2.39. The third-order valence-electron chi connectivity index (χ3n) is 3.02. The maximum Gasteiger partial charge on any atom is 0.123 e. The summed E-state index contributed by atoms with van der Waals surface area (Å²) in [6.07, 6.45) is 1.24. The maximum absolute atomic E-state index is 12.8. The van der Waals surface area contributed by atoms with Crippen LogP contribution in [-0.2, 0) is 0 Å². The summed E-state index contributed by atoms with van der Waals surface area (Å²) in [7, 11) is 0. The molecule has 2 heteroatoms. The van der Waals surface area contributed by atoms with E-state index >= 15 is 0 Å². The molecule has 0 aliphatic rings. The van der Waals surface area contributed by atoms with Gasteiger partial charge in [-0.25, -0.2) is 4.39 Å². The first kappa shape index (κ1) is 14.2. The second-order valence-corrected chi connectivity index (χ2v) is 5.42. The van der Waals surface area contributed by atoms with Gasteiger partial charge >= 0.3 is 0 Å². The lowest BCUT2D eigenvalue weighted by Gasteiger charge is -2.19. The number of benzene rings is 1. The maximum atomic E-state index is 12.8. The highest BCUT2D eigenvalue weighted by atomic mass is 19.1. The van der Waals surface area contributed by atoms with E-state index in [4.69, 9.17) is 0 Å². The highest BCUT2D eigenvalue weighted by Gasteiger charge is 2.08. The molecular formula is C15H24FN. The molecule has 0 fully saturated rings. The lowest BCUT2D eigenvalue weighted by Crippen LogP contribution is -2.25. The van der Waals surface area contributed by atoms with Gasteiger partial charge in [-0.3, -0.25) is 0 Å². The molecule has 1 aromatic carbocycles. The molecule has 0 aromatic heterocycles. The molecule has 1 unspecified atom stereocenters. The summed E-state index contributed by atoms with van der Waals surface area (Å²) < 4.78 is 12.8. The van der Waals surface area contributed by atoms with Crippen LogP contribution in [0.25, 0.3) is 0 Å². The molecule has 96 valence electrons. The smallest absolute Gasteiger partial charge is 0.123 e. The average molecular weight is 237 g/mol. The van der Waals surface area contributed by atoms with Gasteiger partial charge in [-0.15, -0.1) is 0 Å². The van der Waals surface area contributed by atoms with Crippen molar-refractivity contribution in [1.82, 2.24) is 5.32 Å². The van der Waals surface area contributed by atoms with Crippen LogP contribution < -0.4 is 5.32 Å². The van der Waals surface area contributed by atoms with Gasteiger partial charge in [0.2, 0.25) is 0 Å². The topological polar surface area (TPSA) is 12.0 Å². The van der Waals surface area contributed by atoms with Crippen LogP contribution in [0.1, 0.15) is 45.7 Å². The molecule has 1 aromatic rings. The molecule has 1 nitrogen and oxygen atoms in total. The fraction of sp³-hybridized carbons (Fsp3) is 0.600. The third-order valence-corrected chi connectivity index (χ3v) is 3.02. The van der Waals surface area contributed by atoms with Crippen molar-refractivity contribution >= 4 is 0 Å². The molecule has 0 radical (unpaired) electrons. The van der Waals surface area contributed by atoms with Crippen molar-refractivity contribution in [3.05, 3.63) is 35.6 Å². The van der Waals surface area contributed by atoms with Crippen LogP contribution in [0.5, 0.6) is 0 Å². The highest BCUT2D eigenvalue weighted by Crippen LogP contribution is 2.15. The molecule has 0 saturated carbocycles. The van der Waals surface area contributed by atoms with Crippen molar-refractivity contribution in [2.24, 2.45) is 11.8 Å². The van der Waals surface area contributed by atoms with Crippen LogP contribution in [0.3, 0.4) is 0 Å². The Hall–Kier alpha value is -0.890. The molecule has 0 saturated heterocycles. The summed E-state index contributed by atoms with van der Waals surface area (Å²) in [5, 5.41) is 3.50. The van der Waals surface area contributed by atoms with Crippen LogP contribution in [0.2, 0.25) is 0 Å². The monoisotopic (exact) mass is 237 g/mol. The second kappa shape index (κ2) is 6.75. The van der Waals surface area contributed by atoms with Crippen LogP contribution in [0, 0.1) is 17.7 Å². The number of halogens is 1. The van der Waals surface area contributed by atoms with E-state index in [1.807, 2.05) is 12.1 Å². The third kappa shape index (κ3) is 5.31. The molecule has 0 bridgehead atoms. The molecule has 17 heavy (non-hydrogen) atoms. The summed E-state index contributed by atoms with van der Waals surface area (Å²) in [5.74, 6) is 1.25. The summed E-state index contributed by atoms with van der Waals surface area (Å²) in [6.45, 7) is 9.90. The molecule has 1 rings (SSSR count). The van der Waals surface area contributed by atoms with E-state index in [1.54, 1.807) is 0 Å². The summed E-state index contributed by atoms with van der Waals surface area (Å²) >= 11 is 0. The van der Waals surface area contributed by atoms with Crippen molar-refractivity contribution in [3.8, 4) is 0 Å². The zero-order chi connectivity index (χ0) is 12.8. The molecule has 1 N–H and O–H groups in total. The van der Waals surface area contributed by atoms with E-state index in [0.717, 1.165) is 18.0 Å². The minimum atomic E-state index is -0.172. The Bertz CT molecular complexity index is 318. The zero-order valence-corrected chi connectivity index (χ0v) is 11.3. The van der Waals surface area contributed by atoms with E-state index < -0.39 is 0 Å². The van der Waals surface area contributed by atoms with Gasteiger partial charge in [-0.05, 0) is 49.4 Å². The number of hydrogen-bond donors (Lipinski definition) is 1. The SMILES string of the molecule is CC(C)CC(C)CN[C@@H](C)c1ccc(F)cc1. The number of hydrogen-bond acceptors (Lipinski definition) is 1. The predicted octanol–water partition coefficient (Wildman–Crippen LogP) is 4.16. The molecule has 0 aliphatic heterocycles. The van der Waals surface area contributed by atoms with Gasteiger partial charge in [0.1, 0.15) is 5.82 Å². The minimum absolute atomic E-state index is 0.172. The largest absolute Gasteiger partial charge is 0.310 e. The Morgan fingerprint density at radius 1 is 1.06 bits per heavy atom. The van der Waals surface area contributed by atoms with E-state index in [9.17, 15) is 4.39 Å². The molecule has 0 heterocycles. The molecule has 0 spiro atoms. The normalized spacial score (nSPS) is 14.9. The zero-order valence-electron chi connectivity index (χ0n) is 11.3. The molecule has 0 amide bonds. The van der Waals surface area contributed by atoms with E-state index in [1.165, 1.54) is 18.6 Å². The van der Waals surface area contributed by atoms with Gasteiger partial charge in [0.15, 0.2) is 0 Å². The summed E-state index contributed by atoms with van der Waals surface area (Å²) in [6, 6.07) is 7.02. The van der Waals surface area contributed by atoms with E-state index in [0.29, 0.717) is 5.92 Å². The van der Waals surface area contributed by atoms with Gasteiger partial charge in [0, 0.05) is 6.04 Å². The molecule has 0 aliphatic carbocycles. The van der Waals surface area contributed by atoms with Crippen molar-refractivity contribution < 1.29 is 4.39 Å². The van der Waals surface area contributed by atoms with E-state index in [2.05, 4.69) is 33.0 Å². The van der Waals surface area contributed by atoms with Crippen LogP contribution >= 0.6 is 0 Å². The quantitative estimate of drug-likeness (QED) is 0.783.